The summed E-state index contributed by atoms with van der Waals surface area (Å²) in [6, 6.07) is 10.2. The largest absolute Gasteiger partial charge is 0.300 e. The molecule has 0 aliphatic carbocycles. The van der Waals surface area contributed by atoms with Crippen molar-refractivity contribution >= 4 is 40.0 Å². The molecule has 0 radical (unpaired) electrons. The molecule has 2 aromatic carbocycles. The van der Waals surface area contributed by atoms with E-state index in [-0.39, 0.29) is 5.56 Å². The molecule has 1 amide bonds. The molecule has 0 fully saturated rings. The molecule has 1 aliphatic rings. The van der Waals surface area contributed by atoms with Crippen molar-refractivity contribution in [2.75, 3.05) is 4.90 Å². The number of ketones is 1. The highest BCUT2D eigenvalue weighted by Crippen LogP contribution is 2.34. The van der Waals surface area contributed by atoms with Crippen molar-refractivity contribution < 1.29 is 14.0 Å². The number of Topliss-reactive ketones (excluding diaryl/α,β-unsaturated/α-hetero) is 1. The SMILES string of the molecule is Cc1cc(F)cc2c1N(Cc1ccc(I)cc1)C(=O)C2=O. The predicted molar refractivity (Wildman–Crippen MR) is 85.8 cm³/mol. The van der Waals surface area contributed by atoms with E-state index in [4.69, 9.17) is 0 Å². The van der Waals surface area contributed by atoms with Gasteiger partial charge in [0.2, 0.25) is 0 Å². The number of nitrogens with zero attached hydrogens (tertiary/aromatic N) is 1. The molecule has 1 heterocycles. The van der Waals surface area contributed by atoms with E-state index < -0.39 is 17.5 Å². The topological polar surface area (TPSA) is 37.4 Å². The monoisotopic (exact) mass is 395 g/mol. The number of hydrogen-bond donors (Lipinski definition) is 0. The molecule has 3 rings (SSSR count). The van der Waals surface area contributed by atoms with E-state index in [1.54, 1.807) is 6.92 Å². The third-order valence-corrected chi connectivity index (χ3v) is 4.19. The van der Waals surface area contributed by atoms with Crippen LogP contribution in [0.1, 0.15) is 21.5 Å². The molecular formula is C16H11FINO2. The van der Waals surface area contributed by atoms with Gasteiger partial charge in [0.05, 0.1) is 17.8 Å². The molecular weight excluding hydrogens is 384 g/mol. The lowest BCUT2D eigenvalue weighted by molar-refractivity contribution is -0.114. The number of hydrogen-bond acceptors (Lipinski definition) is 2. The van der Waals surface area contributed by atoms with E-state index in [9.17, 15) is 14.0 Å². The van der Waals surface area contributed by atoms with Gasteiger partial charge in [-0.05, 0) is 64.9 Å². The molecule has 5 heteroatoms. The molecule has 0 spiro atoms. The molecule has 2 aromatic rings. The predicted octanol–water partition coefficient (Wildman–Crippen LogP) is 3.47. The first kappa shape index (κ1) is 14.2. The number of fused-ring (bicyclic) bond motifs is 1. The fraction of sp³-hybridized carbons (Fsp3) is 0.125. The van der Waals surface area contributed by atoms with Gasteiger partial charge in [-0.3, -0.25) is 9.59 Å². The number of aryl methyl sites for hydroxylation is 1. The summed E-state index contributed by atoms with van der Waals surface area (Å²) in [6.07, 6.45) is 0. The lowest BCUT2D eigenvalue weighted by Crippen LogP contribution is -2.29. The Balaban J connectivity index is 2.03. The number of halogens is 2. The van der Waals surface area contributed by atoms with Gasteiger partial charge in [-0.15, -0.1) is 0 Å². The maximum absolute atomic E-state index is 13.4. The lowest BCUT2D eigenvalue weighted by Gasteiger charge is -2.18. The van der Waals surface area contributed by atoms with Gasteiger partial charge < -0.3 is 4.90 Å². The first-order chi connectivity index (χ1) is 9.97. The summed E-state index contributed by atoms with van der Waals surface area (Å²) in [4.78, 5) is 25.6. The summed E-state index contributed by atoms with van der Waals surface area (Å²) >= 11 is 2.20. The molecule has 21 heavy (non-hydrogen) atoms. The second kappa shape index (κ2) is 5.22. The van der Waals surface area contributed by atoms with Crippen LogP contribution < -0.4 is 4.90 Å². The zero-order valence-corrected chi connectivity index (χ0v) is 13.3. The third kappa shape index (κ3) is 2.46. The van der Waals surface area contributed by atoms with Crippen molar-refractivity contribution in [1.82, 2.24) is 0 Å². The molecule has 106 valence electrons. The van der Waals surface area contributed by atoms with Gasteiger partial charge in [0, 0.05) is 3.57 Å². The minimum Gasteiger partial charge on any atom is -0.300 e. The number of anilines is 1. The van der Waals surface area contributed by atoms with Gasteiger partial charge in [0.25, 0.3) is 11.7 Å². The van der Waals surface area contributed by atoms with Gasteiger partial charge in [-0.2, -0.15) is 0 Å². The zero-order chi connectivity index (χ0) is 15.1. The first-order valence-electron chi connectivity index (χ1n) is 6.38. The smallest absolute Gasteiger partial charge is 0.299 e. The van der Waals surface area contributed by atoms with Gasteiger partial charge >= 0.3 is 0 Å². The molecule has 0 aromatic heterocycles. The second-order valence-electron chi connectivity index (χ2n) is 4.97. The fourth-order valence-electron chi connectivity index (χ4n) is 2.53. The molecule has 0 saturated heterocycles. The van der Waals surface area contributed by atoms with Crippen LogP contribution in [0, 0.1) is 16.3 Å². The van der Waals surface area contributed by atoms with Crippen molar-refractivity contribution in [3.8, 4) is 0 Å². The Morgan fingerprint density at radius 1 is 1.14 bits per heavy atom. The zero-order valence-electron chi connectivity index (χ0n) is 11.2. The van der Waals surface area contributed by atoms with Crippen LogP contribution >= 0.6 is 22.6 Å². The Bertz CT molecular complexity index is 756. The highest BCUT2D eigenvalue weighted by molar-refractivity contribution is 14.1. The number of benzene rings is 2. The van der Waals surface area contributed by atoms with Crippen molar-refractivity contribution in [1.29, 1.82) is 0 Å². The summed E-state index contributed by atoms with van der Waals surface area (Å²) < 4.78 is 14.5. The number of carbonyl (C=O) groups excluding carboxylic acids is 2. The molecule has 3 nitrogen and oxygen atoms in total. The van der Waals surface area contributed by atoms with Gasteiger partial charge in [0.1, 0.15) is 5.82 Å². The quantitative estimate of drug-likeness (QED) is 0.577. The van der Waals surface area contributed by atoms with Gasteiger partial charge in [0.15, 0.2) is 0 Å². The Kier molecular flexibility index (Phi) is 3.52. The van der Waals surface area contributed by atoms with Crippen molar-refractivity contribution in [3.05, 3.63) is 62.5 Å². The van der Waals surface area contributed by atoms with E-state index in [1.165, 1.54) is 11.0 Å². The maximum atomic E-state index is 13.4. The molecule has 0 bridgehead atoms. The van der Waals surface area contributed by atoms with Crippen molar-refractivity contribution in [3.63, 3.8) is 0 Å². The summed E-state index contributed by atoms with van der Waals surface area (Å²) in [6.45, 7) is 2.01. The van der Waals surface area contributed by atoms with Crippen LogP contribution in [0.4, 0.5) is 10.1 Å². The fourth-order valence-corrected chi connectivity index (χ4v) is 2.89. The van der Waals surface area contributed by atoms with Crippen LogP contribution in [-0.4, -0.2) is 11.7 Å². The van der Waals surface area contributed by atoms with E-state index in [2.05, 4.69) is 22.6 Å². The van der Waals surface area contributed by atoms with E-state index in [0.717, 1.165) is 15.2 Å². The molecule has 1 aliphatic heterocycles. The average Bonchev–Trinajstić information content (AvgIpc) is 2.67. The van der Waals surface area contributed by atoms with Crippen LogP contribution in [0.15, 0.2) is 36.4 Å². The van der Waals surface area contributed by atoms with Crippen molar-refractivity contribution in [2.45, 2.75) is 13.5 Å². The van der Waals surface area contributed by atoms with Crippen LogP contribution in [-0.2, 0) is 11.3 Å². The van der Waals surface area contributed by atoms with Gasteiger partial charge in [-0.1, -0.05) is 12.1 Å². The summed E-state index contributed by atoms with van der Waals surface area (Å²) in [7, 11) is 0. The Hall–Kier alpha value is -1.76. The van der Waals surface area contributed by atoms with Gasteiger partial charge in [-0.25, -0.2) is 4.39 Å². The summed E-state index contributed by atoms with van der Waals surface area (Å²) in [5.41, 5.74) is 2.19. The van der Waals surface area contributed by atoms with Crippen LogP contribution in [0.25, 0.3) is 0 Å². The Morgan fingerprint density at radius 2 is 1.81 bits per heavy atom. The molecule has 0 saturated carbocycles. The molecule has 0 unspecified atom stereocenters. The first-order valence-corrected chi connectivity index (χ1v) is 7.46. The Morgan fingerprint density at radius 3 is 2.48 bits per heavy atom. The standard InChI is InChI=1S/C16H11FINO2/c1-9-6-11(17)7-13-14(9)19(16(21)15(13)20)8-10-2-4-12(18)5-3-10/h2-7H,8H2,1H3. The van der Waals surface area contributed by atoms with Crippen LogP contribution in [0.5, 0.6) is 0 Å². The normalized spacial score (nSPS) is 13.8. The highest BCUT2D eigenvalue weighted by atomic mass is 127. The van der Waals surface area contributed by atoms with E-state index in [0.29, 0.717) is 17.8 Å². The van der Waals surface area contributed by atoms with E-state index in [1.807, 2.05) is 24.3 Å². The number of carbonyl (C=O) groups is 2. The molecule has 0 N–H and O–H groups in total. The Labute approximate surface area is 134 Å². The third-order valence-electron chi connectivity index (χ3n) is 3.47. The second-order valence-corrected chi connectivity index (χ2v) is 6.21. The highest BCUT2D eigenvalue weighted by Gasteiger charge is 2.37. The van der Waals surface area contributed by atoms with Crippen LogP contribution in [0.2, 0.25) is 0 Å². The minimum atomic E-state index is -0.641. The summed E-state index contributed by atoms with van der Waals surface area (Å²) in [5.74, 6) is -1.74. The van der Waals surface area contributed by atoms with Crippen molar-refractivity contribution in [2.24, 2.45) is 0 Å². The van der Waals surface area contributed by atoms with Crippen LogP contribution in [0.3, 0.4) is 0 Å². The number of rotatable bonds is 2. The average molecular weight is 395 g/mol. The molecule has 0 atom stereocenters. The number of amides is 1. The maximum Gasteiger partial charge on any atom is 0.299 e. The summed E-state index contributed by atoms with van der Waals surface area (Å²) in [5, 5.41) is 0. The van der Waals surface area contributed by atoms with E-state index >= 15 is 0 Å². The lowest BCUT2D eigenvalue weighted by atomic mass is 10.1. The minimum absolute atomic E-state index is 0.156.